The van der Waals surface area contributed by atoms with Crippen LogP contribution < -0.4 is 10.2 Å². The third-order valence-electron chi connectivity index (χ3n) is 8.24. The lowest BCUT2D eigenvalue weighted by Crippen LogP contribution is -2.42. The second kappa shape index (κ2) is 16.4. The first-order valence-electron chi connectivity index (χ1n) is 14.9. The Morgan fingerprint density at radius 1 is 1.02 bits per heavy atom. The summed E-state index contributed by atoms with van der Waals surface area (Å²) in [5.74, 6) is -4.60. The summed E-state index contributed by atoms with van der Waals surface area (Å²) in [5, 5.41) is 3.22. The van der Waals surface area contributed by atoms with Crippen molar-refractivity contribution < 1.29 is 27.1 Å². The highest BCUT2D eigenvalue weighted by Gasteiger charge is 2.39. The second-order valence-corrected chi connectivity index (χ2v) is 10.3. The standard InChI is InChI=1S/C30H27F4N3O2.C2H6.3C2H2/c1-5-15-7-26-36(4)24-12-22(34)21(33)9-17(24)16-11-25-28(29-19(16)13-35-30(29)38)18(10-20(32)14(3)31)23(6-2)37(25)27(8-15)39-26;4*1-2/h6,9-12,15,26-27H,2-3,5,7-8,13H2,1,4H3,(H,35,38);1-2H3;3*1-2H/b20-10+;;;;/t15?,26-,27+;;;;/m0..../s1. The van der Waals surface area contributed by atoms with Crippen LogP contribution in [0.25, 0.3) is 34.2 Å². The van der Waals surface area contributed by atoms with Crippen LogP contribution in [-0.4, -0.2) is 23.7 Å². The molecular formula is C38H39F4N3O2. The predicted molar refractivity (Wildman–Crippen MR) is 184 cm³/mol. The number of benzene rings is 2. The minimum Gasteiger partial charge on any atom is -0.349 e. The number of carbonyl (C=O) groups is 1. The molecular weight excluding hydrogens is 606 g/mol. The molecule has 47 heavy (non-hydrogen) atoms. The fourth-order valence-electron chi connectivity index (χ4n) is 6.27. The number of hydrogen-bond acceptors (Lipinski definition) is 3. The van der Waals surface area contributed by atoms with Gasteiger partial charge in [0.05, 0.1) is 16.8 Å². The number of rotatable bonds is 4. The van der Waals surface area contributed by atoms with E-state index in [2.05, 4.69) is 63.9 Å². The van der Waals surface area contributed by atoms with E-state index >= 15 is 0 Å². The Morgan fingerprint density at radius 3 is 2.19 bits per heavy atom. The SMILES string of the molecule is C#C.C#C.C#C.C=Cc1c(/C=C(/F)C(=C)F)c2c3c(c4cc2n1[C@H]1CC(CC)C[C@H](O1)N(C)c1cc(F)c(F)cc1-4)CNC3=O.CC. The molecule has 3 aliphatic heterocycles. The summed E-state index contributed by atoms with van der Waals surface area (Å²) in [4.78, 5) is 15.1. The van der Waals surface area contributed by atoms with Crippen LogP contribution in [0.5, 0.6) is 0 Å². The van der Waals surface area contributed by atoms with Gasteiger partial charge in [0, 0.05) is 41.9 Å². The van der Waals surface area contributed by atoms with Crippen molar-refractivity contribution in [2.75, 3.05) is 11.9 Å². The summed E-state index contributed by atoms with van der Waals surface area (Å²) >= 11 is 0. The molecule has 3 atom stereocenters. The molecule has 1 amide bonds. The maximum Gasteiger partial charge on any atom is 0.252 e. The quantitative estimate of drug-likeness (QED) is 0.175. The van der Waals surface area contributed by atoms with Crippen LogP contribution >= 0.6 is 0 Å². The summed E-state index contributed by atoms with van der Waals surface area (Å²) in [6.07, 6.45) is 27.7. The lowest BCUT2D eigenvalue weighted by molar-refractivity contribution is -0.106. The van der Waals surface area contributed by atoms with Gasteiger partial charge in [-0.2, -0.15) is 0 Å². The van der Waals surface area contributed by atoms with E-state index in [9.17, 15) is 22.4 Å². The van der Waals surface area contributed by atoms with Gasteiger partial charge in [-0.15, -0.1) is 38.5 Å². The van der Waals surface area contributed by atoms with Crippen molar-refractivity contribution in [3.05, 3.63) is 77.0 Å². The summed E-state index contributed by atoms with van der Waals surface area (Å²) in [6.45, 7) is 13.2. The zero-order valence-electron chi connectivity index (χ0n) is 27.0. The van der Waals surface area contributed by atoms with Crippen molar-refractivity contribution in [3.63, 3.8) is 0 Å². The molecule has 0 aliphatic carbocycles. The number of carbonyl (C=O) groups excluding carboxylic acids is 1. The van der Waals surface area contributed by atoms with Gasteiger partial charge in [0.2, 0.25) is 0 Å². The molecule has 1 aromatic heterocycles. The average molecular weight is 646 g/mol. The fourth-order valence-corrected chi connectivity index (χ4v) is 6.27. The van der Waals surface area contributed by atoms with Crippen LogP contribution in [0.15, 0.2) is 43.0 Å². The van der Waals surface area contributed by atoms with E-state index in [1.165, 1.54) is 6.08 Å². The Labute approximate surface area is 275 Å². The normalized spacial score (nSPS) is 18.6. The van der Waals surface area contributed by atoms with Crippen LogP contribution in [0.1, 0.15) is 73.4 Å². The number of allylic oxidation sites excluding steroid dienone is 2. The molecule has 1 N–H and O–H groups in total. The van der Waals surface area contributed by atoms with Crippen LogP contribution in [0.4, 0.5) is 23.2 Å². The molecule has 4 heterocycles. The highest BCUT2D eigenvalue weighted by atomic mass is 19.2. The maximum atomic E-state index is 14.7. The first-order valence-corrected chi connectivity index (χ1v) is 14.9. The first kappa shape index (κ1) is 38.0. The number of terminal acetylenes is 3. The largest absolute Gasteiger partial charge is 0.349 e. The molecule has 1 saturated heterocycles. The van der Waals surface area contributed by atoms with Gasteiger partial charge < -0.3 is 19.5 Å². The van der Waals surface area contributed by atoms with Gasteiger partial charge in [0.25, 0.3) is 5.91 Å². The van der Waals surface area contributed by atoms with Crippen molar-refractivity contribution in [3.8, 4) is 49.7 Å². The van der Waals surface area contributed by atoms with E-state index in [-0.39, 0.29) is 23.6 Å². The van der Waals surface area contributed by atoms with Gasteiger partial charge in [-0.1, -0.05) is 40.3 Å². The van der Waals surface area contributed by atoms with Gasteiger partial charge in [-0.25, -0.2) is 17.6 Å². The van der Waals surface area contributed by atoms with Crippen LogP contribution in [0, 0.1) is 56.1 Å². The Kier molecular flexibility index (Phi) is 13.3. The Morgan fingerprint density at radius 2 is 1.62 bits per heavy atom. The summed E-state index contributed by atoms with van der Waals surface area (Å²) < 4.78 is 66.4. The fraction of sp³-hybridized carbons (Fsp3) is 0.289. The van der Waals surface area contributed by atoms with Gasteiger partial charge in [0.1, 0.15) is 12.5 Å². The number of hydrogen-bond donors (Lipinski definition) is 1. The molecule has 4 bridgehead atoms. The minimum atomic E-state index is -1.24. The highest BCUT2D eigenvalue weighted by Crippen LogP contribution is 2.48. The molecule has 1 fully saturated rings. The van der Waals surface area contributed by atoms with Crippen molar-refractivity contribution in [1.29, 1.82) is 0 Å². The number of aromatic nitrogens is 1. The maximum absolute atomic E-state index is 14.7. The minimum absolute atomic E-state index is 0.138. The molecule has 3 aromatic rings. The first-order chi connectivity index (χ1) is 22.6. The van der Waals surface area contributed by atoms with Crippen LogP contribution in [0.2, 0.25) is 0 Å². The number of amides is 1. The average Bonchev–Trinajstić information content (AvgIpc) is 3.64. The molecule has 6 rings (SSSR count). The molecule has 3 aliphatic rings. The predicted octanol–water partition coefficient (Wildman–Crippen LogP) is 9.15. The van der Waals surface area contributed by atoms with E-state index < -0.39 is 41.7 Å². The van der Waals surface area contributed by atoms with Crippen molar-refractivity contribution in [2.45, 2.75) is 59.0 Å². The number of halogens is 4. The van der Waals surface area contributed by atoms with Crippen molar-refractivity contribution in [2.24, 2.45) is 5.92 Å². The summed E-state index contributed by atoms with van der Waals surface area (Å²) in [5.41, 5.74) is 3.46. The second-order valence-electron chi connectivity index (χ2n) is 10.3. The van der Waals surface area contributed by atoms with E-state index in [1.807, 2.05) is 23.3 Å². The lowest BCUT2D eigenvalue weighted by atomic mass is 9.90. The number of ether oxygens (including phenoxy) is 1. The number of anilines is 1. The number of nitrogens with zero attached hydrogens (tertiary/aromatic N) is 2. The Balaban J connectivity index is 0.000000894. The zero-order chi connectivity index (χ0) is 35.7. The third kappa shape index (κ3) is 6.70. The summed E-state index contributed by atoms with van der Waals surface area (Å²) in [7, 11) is 1.78. The topological polar surface area (TPSA) is 46.5 Å². The van der Waals surface area contributed by atoms with Crippen molar-refractivity contribution in [1.82, 2.24) is 9.88 Å². The summed E-state index contributed by atoms with van der Waals surface area (Å²) in [6, 6.07) is 4.09. The van der Waals surface area contributed by atoms with Crippen LogP contribution in [0.3, 0.4) is 0 Å². The highest BCUT2D eigenvalue weighted by molar-refractivity contribution is 6.16. The molecule has 2 aromatic carbocycles. The van der Waals surface area contributed by atoms with Gasteiger partial charge in [0.15, 0.2) is 23.3 Å². The lowest BCUT2D eigenvalue weighted by Gasteiger charge is -2.42. The van der Waals surface area contributed by atoms with Gasteiger partial charge in [-0.3, -0.25) is 4.79 Å². The monoisotopic (exact) mass is 645 g/mol. The van der Waals surface area contributed by atoms with E-state index in [4.69, 9.17) is 4.74 Å². The molecule has 1 unspecified atom stereocenters. The number of nitrogens with one attached hydrogen (secondary N) is 1. The molecule has 0 saturated carbocycles. The van der Waals surface area contributed by atoms with Gasteiger partial charge in [-0.05, 0) is 54.2 Å². The molecule has 5 nitrogen and oxygen atoms in total. The number of fused-ring (bicyclic) bond motifs is 9. The van der Waals surface area contributed by atoms with E-state index in [0.717, 1.165) is 24.6 Å². The molecule has 246 valence electrons. The Bertz CT molecular complexity index is 1750. The molecule has 0 radical (unpaired) electrons. The zero-order valence-corrected chi connectivity index (χ0v) is 27.0. The smallest absolute Gasteiger partial charge is 0.252 e. The van der Waals surface area contributed by atoms with Gasteiger partial charge >= 0.3 is 0 Å². The Hall–Kier alpha value is -5.17. The van der Waals surface area contributed by atoms with E-state index in [0.29, 0.717) is 51.8 Å². The van der Waals surface area contributed by atoms with Crippen molar-refractivity contribution >= 4 is 34.6 Å². The molecule has 0 spiro atoms. The van der Waals surface area contributed by atoms with E-state index in [1.54, 1.807) is 13.1 Å². The molecule has 9 heteroatoms. The van der Waals surface area contributed by atoms with Crippen LogP contribution in [-0.2, 0) is 11.3 Å². The third-order valence-corrected chi connectivity index (χ3v) is 8.24.